The van der Waals surface area contributed by atoms with Gasteiger partial charge in [-0.05, 0) is 38.5 Å². The topological polar surface area (TPSA) is 80.2 Å². The number of carbonyl (C=O) groups is 1. The molecular weight excluding hydrogens is 284 g/mol. The third-order valence-electron chi connectivity index (χ3n) is 2.04. The second-order valence-electron chi connectivity index (χ2n) is 4.93. The summed E-state index contributed by atoms with van der Waals surface area (Å²) in [4.78, 5) is 11.4. The molecule has 0 aliphatic carbocycles. The Kier molecular flexibility index (Phi) is 5.21. The summed E-state index contributed by atoms with van der Waals surface area (Å²) in [6.07, 6.45) is 0.697. The molecule has 0 saturated carbocycles. The maximum Gasteiger partial charge on any atom is 0.428 e. The molecule has 0 unspecified atom stereocenters. The zero-order valence-electron chi connectivity index (χ0n) is 11.7. The van der Waals surface area contributed by atoms with Gasteiger partial charge in [-0.1, -0.05) is 11.6 Å². The van der Waals surface area contributed by atoms with E-state index in [4.69, 9.17) is 21.1 Å². The van der Waals surface area contributed by atoms with E-state index in [0.29, 0.717) is 5.56 Å². The van der Waals surface area contributed by atoms with Crippen molar-refractivity contribution >= 4 is 23.9 Å². The molecule has 0 atom stereocenters. The number of amides is 1. The smallest absolute Gasteiger partial charge is 0.428 e. The summed E-state index contributed by atoms with van der Waals surface area (Å²) in [5.41, 5.74) is 2.18. The Morgan fingerprint density at radius 3 is 2.65 bits per heavy atom. The first-order valence-corrected chi connectivity index (χ1v) is 6.19. The van der Waals surface area contributed by atoms with Crippen molar-refractivity contribution in [3.8, 4) is 11.5 Å². The van der Waals surface area contributed by atoms with Crippen LogP contribution >= 0.6 is 11.6 Å². The quantitative estimate of drug-likeness (QED) is 0.664. The van der Waals surface area contributed by atoms with Crippen LogP contribution in [0.15, 0.2) is 17.2 Å². The molecule has 20 heavy (non-hydrogen) atoms. The number of hydrazone groups is 1. The molecule has 1 rings (SSSR count). The number of phenolic OH excluding ortho intramolecular Hbond substituents is 1. The SMILES string of the molecule is COc1cc(/C=N\NC(=O)OC(C)(C)C)cc(Cl)c1O. The number of hydrogen-bond donors (Lipinski definition) is 2. The number of halogens is 1. The summed E-state index contributed by atoms with van der Waals surface area (Å²) in [5, 5.41) is 13.4. The predicted octanol–water partition coefficient (Wildman–Crippen LogP) is 2.91. The highest BCUT2D eigenvalue weighted by atomic mass is 35.5. The van der Waals surface area contributed by atoms with Gasteiger partial charge >= 0.3 is 6.09 Å². The van der Waals surface area contributed by atoms with Crippen LogP contribution in [-0.4, -0.2) is 30.1 Å². The van der Waals surface area contributed by atoms with Crippen LogP contribution in [0.4, 0.5) is 4.79 Å². The molecule has 0 aliphatic rings. The molecule has 0 spiro atoms. The number of benzene rings is 1. The monoisotopic (exact) mass is 300 g/mol. The fourth-order valence-corrected chi connectivity index (χ4v) is 1.50. The number of aromatic hydroxyl groups is 1. The molecule has 1 aromatic carbocycles. The molecule has 0 bridgehead atoms. The Morgan fingerprint density at radius 2 is 2.10 bits per heavy atom. The minimum atomic E-state index is -0.661. The Hall–Kier alpha value is -1.95. The van der Waals surface area contributed by atoms with Crippen molar-refractivity contribution in [2.75, 3.05) is 7.11 Å². The zero-order chi connectivity index (χ0) is 15.3. The summed E-state index contributed by atoms with van der Waals surface area (Å²) in [7, 11) is 1.41. The zero-order valence-corrected chi connectivity index (χ0v) is 12.5. The third-order valence-corrected chi connectivity index (χ3v) is 2.33. The lowest BCUT2D eigenvalue weighted by Gasteiger charge is -2.18. The molecule has 1 amide bonds. The molecule has 6 nitrogen and oxygen atoms in total. The average molecular weight is 301 g/mol. The lowest BCUT2D eigenvalue weighted by Crippen LogP contribution is -2.29. The number of nitrogens with zero attached hydrogens (tertiary/aromatic N) is 1. The molecule has 1 aromatic rings. The van der Waals surface area contributed by atoms with Crippen LogP contribution in [0.3, 0.4) is 0 Å². The minimum Gasteiger partial charge on any atom is -0.503 e. The highest BCUT2D eigenvalue weighted by Gasteiger charge is 2.15. The highest BCUT2D eigenvalue weighted by Crippen LogP contribution is 2.34. The van der Waals surface area contributed by atoms with Gasteiger partial charge < -0.3 is 14.6 Å². The maximum atomic E-state index is 11.4. The van der Waals surface area contributed by atoms with E-state index in [9.17, 15) is 9.90 Å². The first-order chi connectivity index (χ1) is 9.23. The summed E-state index contributed by atoms with van der Waals surface area (Å²) in [5.74, 6) is 0.0719. The van der Waals surface area contributed by atoms with Crippen molar-refractivity contribution in [3.05, 3.63) is 22.7 Å². The molecule has 0 aliphatic heterocycles. The number of ether oxygens (including phenoxy) is 2. The molecule has 7 heteroatoms. The van der Waals surface area contributed by atoms with Crippen molar-refractivity contribution in [2.45, 2.75) is 26.4 Å². The van der Waals surface area contributed by atoms with Crippen LogP contribution in [0.1, 0.15) is 26.3 Å². The number of phenols is 1. The van der Waals surface area contributed by atoms with Crippen LogP contribution in [0.2, 0.25) is 5.02 Å². The van der Waals surface area contributed by atoms with Crippen LogP contribution in [0.5, 0.6) is 11.5 Å². The lowest BCUT2D eigenvalue weighted by molar-refractivity contribution is 0.0529. The molecule has 0 saturated heterocycles. The summed E-state index contributed by atoms with van der Waals surface area (Å²) in [6, 6.07) is 3.02. The predicted molar refractivity (Wildman–Crippen MR) is 76.6 cm³/mol. The molecular formula is C13H17ClN2O4. The number of carbonyl (C=O) groups excluding carboxylic acids is 1. The van der Waals surface area contributed by atoms with Gasteiger partial charge in [-0.25, -0.2) is 10.2 Å². The van der Waals surface area contributed by atoms with E-state index >= 15 is 0 Å². The van der Waals surface area contributed by atoms with E-state index in [2.05, 4.69) is 10.5 Å². The van der Waals surface area contributed by atoms with Crippen molar-refractivity contribution < 1.29 is 19.4 Å². The van der Waals surface area contributed by atoms with Crippen molar-refractivity contribution in [1.82, 2.24) is 5.43 Å². The van der Waals surface area contributed by atoms with Gasteiger partial charge in [0.15, 0.2) is 11.5 Å². The summed E-state index contributed by atoms with van der Waals surface area (Å²) < 4.78 is 9.96. The summed E-state index contributed by atoms with van der Waals surface area (Å²) >= 11 is 5.82. The van der Waals surface area contributed by atoms with E-state index < -0.39 is 11.7 Å². The fourth-order valence-electron chi connectivity index (χ4n) is 1.28. The van der Waals surface area contributed by atoms with E-state index in [-0.39, 0.29) is 16.5 Å². The van der Waals surface area contributed by atoms with E-state index in [1.165, 1.54) is 25.5 Å². The van der Waals surface area contributed by atoms with Gasteiger partial charge in [0.1, 0.15) is 5.60 Å². The second kappa shape index (κ2) is 6.47. The highest BCUT2D eigenvalue weighted by molar-refractivity contribution is 6.32. The van der Waals surface area contributed by atoms with Crippen molar-refractivity contribution in [1.29, 1.82) is 0 Å². The molecule has 110 valence electrons. The Bertz CT molecular complexity index is 524. The van der Waals surface area contributed by atoms with E-state index in [1.807, 2.05) is 0 Å². The Morgan fingerprint density at radius 1 is 1.45 bits per heavy atom. The first-order valence-electron chi connectivity index (χ1n) is 5.81. The number of hydrogen-bond acceptors (Lipinski definition) is 5. The number of methoxy groups -OCH3 is 1. The third kappa shape index (κ3) is 4.97. The second-order valence-corrected chi connectivity index (χ2v) is 5.33. The molecule has 0 radical (unpaired) electrons. The van der Waals surface area contributed by atoms with Gasteiger partial charge in [0, 0.05) is 0 Å². The minimum absolute atomic E-state index is 0.128. The van der Waals surface area contributed by atoms with Gasteiger partial charge in [0.2, 0.25) is 0 Å². The fraction of sp³-hybridized carbons (Fsp3) is 0.385. The van der Waals surface area contributed by atoms with Crippen LogP contribution in [-0.2, 0) is 4.74 Å². The Balaban J connectivity index is 2.72. The maximum absolute atomic E-state index is 11.4. The van der Waals surface area contributed by atoms with Gasteiger partial charge in [-0.15, -0.1) is 0 Å². The van der Waals surface area contributed by atoms with Crippen molar-refractivity contribution in [2.24, 2.45) is 5.10 Å². The van der Waals surface area contributed by atoms with Crippen molar-refractivity contribution in [3.63, 3.8) is 0 Å². The van der Waals surface area contributed by atoms with Crippen LogP contribution in [0, 0.1) is 0 Å². The normalized spacial score (nSPS) is 11.4. The molecule has 0 aromatic heterocycles. The van der Waals surface area contributed by atoms with Gasteiger partial charge in [0.05, 0.1) is 18.3 Å². The Labute approximate surface area is 122 Å². The van der Waals surface area contributed by atoms with E-state index in [1.54, 1.807) is 20.8 Å². The molecule has 0 heterocycles. The van der Waals surface area contributed by atoms with Gasteiger partial charge in [-0.3, -0.25) is 0 Å². The first kappa shape index (κ1) is 16.1. The summed E-state index contributed by atoms with van der Waals surface area (Å²) in [6.45, 7) is 5.25. The standard InChI is InChI=1S/C13H17ClN2O4/c1-13(2,3)20-12(18)16-15-7-8-5-9(14)11(17)10(6-8)19-4/h5-7,17H,1-4H3,(H,16,18)/b15-7-. The lowest BCUT2D eigenvalue weighted by atomic mass is 10.2. The van der Waals surface area contributed by atoms with E-state index in [0.717, 1.165) is 0 Å². The van der Waals surface area contributed by atoms with Gasteiger partial charge in [0.25, 0.3) is 0 Å². The van der Waals surface area contributed by atoms with Crippen LogP contribution in [0.25, 0.3) is 0 Å². The number of nitrogens with one attached hydrogen (secondary N) is 1. The van der Waals surface area contributed by atoms with Crippen LogP contribution < -0.4 is 10.2 Å². The molecule has 2 N–H and O–H groups in total. The van der Waals surface area contributed by atoms with Gasteiger partial charge in [-0.2, -0.15) is 5.10 Å². The largest absolute Gasteiger partial charge is 0.503 e. The average Bonchev–Trinajstić information content (AvgIpc) is 2.31. The number of rotatable bonds is 3. The molecule has 0 fully saturated rings.